The Balaban J connectivity index is 1.84. The van der Waals surface area contributed by atoms with E-state index in [9.17, 15) is 15.2 Å². The van der Waals surface area contributed by atoms with Crippen LogP contribution in [0.5, 0.6) is 17.2 Å². The number of ether oxygens (including phenoxy) is 2. The van der Waals surface area contributed by atoms with Crippen LogP contribution < -0.4 is 9.47 Å². The van der Waals surface area contributed by atoms with Gasteiger partial charge < -0.3 is 14.6 Å². The Labute approximate surface area is 181 Å². The minimum absolute atomic E-state index is 0.00601. The Morgan fingerprint density at radius 3 is 2.42 bits per heavy atom. The summed E-state index contributed by atoms with van der Waals surface area (Å²) < 4.78 is 13.4. The van der Waals surface area contributed by atoms with Gasteiger partial charge in [-0.25, -0.2) is 0 Å². The monoisotopic (exact) mass is 447 g/mol. The molecule has 164 valence electrons. The molecule has 0 aliphatic rings. The predicted molar refractivity (Wildman–Crippen MR) is 113 cm³/mol. The second-order valence-electron chi connectivity index (χ2n) is 6.41. The molecule has 0 spiro atoms. The molecule has 0 unspecified atom stereocenters. The van der Waals surface area contributed by atoms with Crippen LogP contribution >= 0.6 is 11.8 Å². The van der Waals surface area contributed by atoms with E-state index in [1.165, 1.54) is 30.7 Å². The molecule has 2 heterocycles. The molecule has 1 N–H and O–H groups in total. The summed E-state index contributed by atoms with van der Waals surface area (Å²) in [5, 5.41) is 38.5. The number of nitrogens with zero attached hydrogens (tertiary/aromatic N) is 7. The van der Waals surface area contributed by atoms with Gasteiger partial charge in [0.2, 0.25) is 10.9 Å². The number of hydrogen-bond donors (Lipinski definition) is 1. The van der Waals surface area contributed by atoms with E-state index in [-0.39, 0.29) is 22.9 Å². The van der Waals surface area contributed by atoms with E-state index in [1.807, 2.05) is 0 Å². The topological polar surface area (TPSA) is 143 Å². The highest BCUT2D eigenvalue weighted by Gasteiger charge is 2.22. The van der Waals surface area contributed by atoms with Crippen molar-refractivity contribution in [3.05, 3.63) is 45.0 Å². The lowest BCUT2D eigenvalue weighted by atomic mass is 10.2. The van der Waals surface area contributed by atoms with Crippen molar-refractivity contribution in [1.82, 2.24) is 24.7 Å². The molecular weight excluding hydrogens is 426 g/mol. The van der Waals surface area contributed by atoms with Gasteiger partial charge in [0, 0.05) is 5.56 Å². The van der Waals surface area contributed by atoms with Crippen molar-refractivity contribution in [2.75, 3.05) is 14.2 Å². The summed E-state index contributed by atoms with van der Waals surface area (Å²) in [5.74, 6) is 1.26. The first kappa shape index (κ1) is 22.1. The summed E-state index contributed by atoms with van der Waals surface area (Å²) in [6.07, 6.45) is 1.55. The van der Waals surface area contributed by atoms with Crippen LogP contribution in [0.25, 0.3) is 0 Å². The van der Waals surface area contributed by atoms with Crippen molar-refractivity contribution >= 4 is 23.7 Å². The van der Waals surface area contributed by atoms with E-state index in [0.717, 1.165) is 0 Å². The summed E-state index contributed by atoms with van der Waals surface area (Å²) in [6, 6.07) is 3.23. The zero-order valence-corrected chi connectivity index (χ0v) is 18.4. The molecule has 0 saturated carbocycles. The average molecular weight is 447 g/mol. The second-order valence-corrected chi connectivity index (χ2v) is 7.32. The van der Waals surface area contributed by atoms with Crippen molar-refractivity contribution in [3.63, 3.8) is 0 Å². The van der Waals surface area contributed by atoms with Crippen LogP contribution in [0, 0.1) is 30.9 Å². The molecule has 0 aliphatic heterocycles. The van der Waals surface area contributed by atoms with Crippen LogP contribution in [-0.2, 0) is 5.88 Å². The van der Waals surface area contributed by atoms with Gasteiger partial charge in [0.1, 0.15) is 11.4 Å². The summed E-state index contributed by atoms with van der Waals surface area (Å²) in [7, 11) is 2.88. The second kappa shape index (κ2) is 9.04. The zero-order chi connectivity index (χ0) is 22.7. The molecule has 3 rings (SSSR count). The number of nitro groups is 1. The third-order valence-corrected chi connectivity index (χ3v) is 5.32. The summed E-state index contributed by atoms with van der Waals surface area (Å²) >= 11 is 1.29. The lowest BCUT2D eigenvalue weighted by Gasteiger charge is -2.09. The first-order valence-corrected chi connectivity index (χ1v) is 9.97. The molecule has 12 nitrogen and oxygen atoms in total. The third kappa shape index (κ3) is 4.45. The molecule has 31 heavy (non-hydrogen) atoms. The third-order valence-electron chi connectivity index (χ3n) is 4.43. The minimum atomic E-state index is -0.435. The van der Waals surface area contributed by atoms with Gasteiger partial charge in [-0.15, -0.1) is 10.2 Å². The molecule has 0 amide bonds. The van der Waals surface area contributed by atoms with Crippen LogP contribution in [0.4, 0.5) is 5.69 Å². The van der Waals surface area contributed by atoms with Crippen LogP contribution in [0.2, 0.25) is 0 Å². The fraction of sp³-hybridized carbons (Fsp3) is 0.333. The average Bonchev–Trinajstić information content (AvgIpc) is 3.23. The molecule has 3 aromatic rings. The summed E-state index contributed by atoms with van der Waals surface area (Å²) in [5.41, 5.74) is 1.45. The maximum atomic E-state index is 11.2. The molecule has 0 fully saturated rings. The number of phenols is 1. The quantitative estimate of drug-likeness (QED) is 0.238. The van der Waals surface area contributed by atoms with Gasteiger partial charge in [0.25, 0.3) is 0 Å². The Kier molecular flexibility index (Phi) is 6.44. The van der Waals surface area contributed by atoms with Gasteiger partial charge in [-0.3, -0.25) is 14.8 Å². The number of aryl methyl sites for hydroxylation is 2. The maximum Gasteiger partial charge on any atom is 0.312 e. The highest BCUT2D eigenvalue weighted by molar-refractivity contribution is 7.98. The van der Waals surface area contributed by atoms with Gasteiger partial charge in [0.05, 0.1) is 31.2 Å². The molecule has 1 aromatic carbocycles. The van der Waals surface area contributed by atoms with Crippen LogP contribution in [0.1, 0.15) is 22.8 Å². The van der Waals surface area contributed by atoms with Crippen molar-refractivity contribution in [2.24, 2.45) is 5.10 Å². The van der Waals surface area contributed by atoms with E-state index in [1.54, 1.807) is 43.8 Å². The highest BCUT2D eigenvalue weighted by Crippen LogP contribution is 2.36. The van der Waals surface area contributed by atoms with Gasteiger partial charge in [-0.05, 0) is 32.9 Å². The lowest BCUT2D eigenvalue weighted by Crippen LogP contribution is -2.02. The number of thioether (sulfide) groups is 1. The van der Waals surface area contributed by atoms with Crippen molar-refractivity contribution in [1.29, 1.82) is 0 Å². The van der Waals surface area contributed by atoms with Crippen molar-refractivity contribution in [3.8, 4) is 17.2 Å². The summed E-state index contributed by atoms with van der Waals surface area (Å²) in [4.78, 5) is 10.8. The Morgan fingerprint density at radius 2 is 1.87 bits per heavy atom. The normalized spacial score (nSPS) is 11.3. The Hall–Kier alpha value is -3.61. The fourth-order valence-corrected chi connectivity index (χ4v) is 3.76. The molecule has 2 aromatic heterocycles. The largest absolute Gasteiger partial charge is 0.502 e. The minimum Gasteiger partial charge on any atom is -0.502 e. The fourth-order valence-electron chi connectivity index (χ4n) is 2.87. The van der Waals surface area contributed by atoms with Gasteiger partial charge in [-0.1, -0.05) is 11.8 Å². The molecular formula is C18H21N7O5S. The first-order chi connectivity index (χ1) is 14.8. The number of benzene rings is 1. The molecule has 0 atom stereocenters. The summed E-state index contributed by atoms with van der Waals surface area (Å²) in [6.45, 7) is 5.00. The standard InChI is InChI=1S/C18H21N7O5S/c1-10-16(25(27)28)11(2)23(22-10)9-31-18-21-20-12(3)24(18)19-8-13-6-14(29-4)17(26)15(7-13)30-5/h6-8,26H,9H2,1-5H3/b19-8+. The van der Waals surface area contributed by atoms with Gasteiger partial charge in [-0.2, -0.15) is 14.9 Å². The van der Waals surface area contributed by atoms with E-state index in [2.05, 4.69) is 20.4 Å². The van der Waals surface area contributed by atoms with E-state index >= 15 is 0 Å². The van der Waals surface area contributed by atoms with Gasteiger partial charge >= 0.3 is 5.69 Å². The Bertz CT molecular complexity index is 1130. The van der Waals surface area contributed by atoms with Crippen LogP contribution in [-0.4, -0.2) is 55.1 Å². The Morgan fingerprint density at radius 1 is 1.23 bits per heavy atom. The SMILES string of the molecule is COc1cc(/C=N/n2c(C)nnc2SCn2nc(C)c([N+](=O)[O-])c2C)cc(OC)c1O. The smallest absolute Gasteiger partial charge is 0.312 e. The number of hydrogen-bond acceptors (Lipinski definition) is 10. The zero-order valence-electron chi connectivity index (χ0n) is 17.6. The van der Waals surface area contributed by atoms with Crippen LogP contribution in [0.15, 0.2) is 22.4 Å². The lowest BCUT2D eigenvalue weighted by molar-refractivity contribution is -0.386. The molecule has 13 heteroatoms. The van der Waals surface area contributed by atoms with Crippen LogP contribution in [0.3, 0.4) is 0 Å². The number of methoxy groups -OCH3 is 2. The van der Waals surface area contributed by atoms with E-state index in [4.69, 9.17) is 9.47 Å². The van der Waals surface area contributed by atoms with Gasteiger partial charge in [0.15, 0.2) is 17.3 Å². The van der Waals surface area contributed by atoms with E-state index in [0.29, 0.717) is 33.8 Å². The first-order valence-electron chi connectivity index (χ1n) is 8.99. The number of phenolic OH excluding ortho intramolecular Hbond substituents is 1. The highest BCUT2D eigenvalue weighted by atomic mass is 32.2. The van der Waals surface area contributed by atoms with E-state index < -0.39 is 4.92 Å². The molecule has 0 saturated heterocycles. The molecule has 0 aliphatic carbocycles. The molecule has 0 bridgehead atoms. The number of aromatic nitrogens is 5. The molecule has 0 radical (unpaired) electrons. The number of rotatable bonds is 8. The maximum absolute atomic E-state index is 11.2. The number of aromatic hydroxyl groups is 1. The van der Waals surface area contributed by atoms with Crippen molar-refractivity contribution < 1.29 is 19.5 Å². The predicted octanol–water partition coefficient (Wildman–Crippen LogP) is 2.66. The van der Waals surface area contributed by atoms with Crippen molar-refractivity contribution in [2.45, 2.75) is 31.8 Å².